The highest BCUT2D eigenvalue weighted by atomic mass is 32.2. The number of hydrogen-bond acceptors (Lipinski definition) is 5. The molecule has 0 heterocycles. The highest BCUT2D eigenvalue weighted by molar-refractivity contribution is 7.89. The number of anilines is 1. The summed E-state index contributed by atoms with van der Waals surface area (Å²) in [5.74, 6) is -1.00. The second-order valence-corrected chi connectivity index (χ2v) is 6.67. The zero-order chi connectivity index (χ0) is 15.6. The monoisotopic (exact) mass is 313 g/mol. The standard InChI is InChI=1S/C13H16FN3O3S/c1-20-13-11(14)7-10(8-12(13)16)21(18,19)17(6-2-5-15)9-3-4-9/h7-9H,2-4,6,16H2,1H3. The lowest BCUT2D eigenvalue weighted by Crippen LogP contribution is -2.34. The van der Waals surface area contributed by atoms with Crippen molar-refractivity contribution in [2.45, 2.75) is 30.2 Å². The lowest BCUT2D eigenvalue weighted by Gasteiger charge is -2.21. The lowest BCUT2D eigenvalue weighted by molar-refractivity contribution is 0.386. The Bertz CT molecular complexity index is 657. The smallest absolute Gasteiger partial charge is 0.243 e. The number of rotatable bonds is 6. The molecule has 0 radical (unpaired) electrons. The van der Waals surface area contributed by atoms with E-state index in [1.54, 1.807) is 0 Å². The van der Waals surface area contributed by atoms with E-state index in [2.05, 4.69) is 0 Å². The highest BCUT2D eigenvalue weighted by Crippen LogP contribution is 2.35. The zero-order valence-corrected chi connectivity index (χ0v) is 12.4. The third-order valence-electron chi connectivity index (χ3n) is 3.25. The van der Waals surface area contributed by atoms with Crippen LogP contribution in [-0.2, 0) is 10.0 Å². The van der Waals surface area contributed by atoms with Crippen LogP contribution in [0.2, 0.25) is 0 Å². The Morgan fingerprint density at radius 2 is 2.19 bits per heavy atom. The first-order chi connectivity index (χ1) is 9.91. The number of methoxy groups -OCH3 is 1. The number of benzene rings is 1. The second kappa shape index (κ2) is 5.87. The Kier molecular flexibility index (Phi) is 4.34. The molecule has 0 aliphatic heterocycles. The maximum absolute atomic E-state index is 13.8. The van der Waals surface area contributed by atoms with Gasteiger partial charge in [-0.15, -0.1) is 0 Å². The van der Waals surface area contributed by atoms with E-state index in [4.69, 9.17) is 15.7 Å². The summed E-state index contributed by atoms with van der Waals surface area (Å²) in [4.78, 5) is -0.219. The molecule has 1 aromatic carbocycles. The summed E-state index contributed by atoms with van der Waals surface area (Å²) in [5, 5.41) is 8.64. The number of halogens is 1. The Balaban J connectivity index is 2.40. The van der Waals surface area contributed by atoms with E-state index < -0.39 is 15.8 Å². The molecule has 1 aliphatic rings. The van der Waals surface area contributed by atoms with Crippen LogP contribution in [0.1, 0.15) is 19.3 Å². The van der Waals surface area contributed by atoms with Crippen LogP contribution < -0.4 is 10.5 Å². The quantitative estimate of drug-likeness (QED) is 0.802. The number of hydrogen-bond donors (Lipinski definition) is 1. The van der Waals surface area contributed by atoms with E-state index in [0.717, 1.165) is 18.9 Å². The SMILES string of the molecule is COc1c(N)cc(S(=O)(=O)N(CCC#N)C2CC2)cc1F. The number of nitriles is 1. The van der Waals surface area contributed by atoms with Gasteiger partial charge in [0.25, 0.3) is 0 Å². The molecule has 0 spiro atoms. The molecule has 0 bridgehead atoms. The van der Waals surface area contributed by atoms with Crippen LogP contribution in [0.5, 0.6) is 5.75 Å². The summed E-state index contributed by atoms with van der Waals surface area (Å²) in [7, 11) is -2.62. The van der Waals surface area contributed by atoms with E-state index in [9.17, 15) is 12.8 Å². The number of nitrogens with two attached hydrogens (primary N) is 1. The largest absolute Gasteiger partial charge is 0.492 e. The normalized spacial score (nSPS) is 15.0. The highest BCUT2D eigenvalue weighted by Gasteiger charge is 2.38. The molecule has 2 N–H and O–H groups in total. The molecule has 1 saturated carbocycles. The molecule has 2 rings (SSSR count). The topological polar surface area (TPSA) is 96.4 Å². The van der Waals surface area contributed by atoms with Gasteiger partial charge >= 0.3 is 0 Å². The Hall–Kier alpha value is -1.85. The lowest BCUT2D eigenvalue weighted by atomic mass is 10.3. The first-order valence-corrected chi connectivity index (χ1v) is 7.87. The second-order valence-electron chi connectivity index (χ2n) is 4.78. The van der Waals surface area contributed by atoms with Gasteiger partial charge in [-0.2, -0.15) is 9.57 Å². The van der Waals surface area contributed by atoms with Crippen molar-refractivity contribution in [1.29, 1.82) is 5.26 Å². The van der Waals surface area contributed by atoms with Crippen molar-refractivity contribution in [1.82, 2.24) is 4.31 Å². The van der Waals surface area contributed by atoms with Crippen LogP contribution in [0, 0.1) is 17.1 Å². The Morgan fingerprint density at radius 3 is 2.67 bits per heavy atom. The molecule has 1 aliphatic carbocycles. The summed E-state index contributed by atoms with van der Waals surface area (Å²) in [5.41, 5.74) is 5.54. The van der Waals surface area contributed by atoms with E-state index >= 15 is 0 Å². The van der Waals surface area contributed by atoms with E-state index in [0.29, 0.717) is 0 Å². The minimum atomic E-state index is -3.87. The van der Waals surface area contributed by atoms with Crippen molar-refractivity contribution in [3.63, 3.8) is 0 Å². The molecule has 0 unspecified atom stereocenters. The van der Waals surface area contributed by atoms with Gasteiger partial charge in [0.1, 0.15) is 0 Å². The molecule has 1 fully saturated rings. The van der Waals surface area contributed by atoms with Gasteiger partial charge < -0.3 is 10.5 Å². The van der Waals surface area contributed by atoms with Gasteiger partial charge in [0, 0.05) is 19.0 Å². The fourth-order valence-corrected chi connectivity index (χ4v) is 3.84. The summed E-state index contributed by atoms with van der Waals surface area (Å²) < 4.78 is 45.0. The fraction of sp³-hybridized carbons (Fsp3) is 0.462. The average Bonchev–Trinajstić information content (AvgIpc) is 3.23. The molecule has 0 saturated heterocycles. The van der Waals surface area contributed by atoms with Gasteiger partial charge in [-0.25, -0.2) is 12.8 Å². The predicted molar refractivity (Wildman–Crippen MR) is 74.5 cm³/mol. The van der Waals surface area contributed by atoms with Crippen LogP contribution in [0.15, 0.2) is 17.0 Å². The van der Waals surface area contributed by atoms with Crippen LogP contribution in [0.4, 0.5) is 10.1 Å². The zero-order valence-electron chi connectivity index (χ0n) is 11.5. The number of nitrogen functional groups attached to an aromatic ring is 1. The van der Waals surface area contributed by atoms with Crippen molar-refractivity contribution in [2.24, 2.45) is 0 Å². The minimum Gasteiger partial charge on any atom is -0.492 e. The van der Waals surface area contributed by atoms with Gasteiger partial charge in [-0.05, 0) is 25.0 Å². The predicted octanol–water partition coefficient (Wildman–Crippen LogP) is 1.48. The van der Waals surface area contributed by atoms with Crippen LogP contribution in [-0.4, -0.2) is 32.4 Å². The summed E-state index contributed by atoms with van der Waals surface area (Å²) >= 11 is 0. The van der Waals surface area contributed by atoms with E-state index in [1.807, 2.05) is 6.07 Å². The molecule has 0 aromatic heterocycles. The minimum absolute atomic E-state index is 0.0768. The third-order valence-corrected chi connectivity index (χ3v) is 5.18. The van der Waals surface area contributed by atoms with Gasteiger partial charge in [0.2, 0.25) is 10.0 Å². The summed E-state index contributed by atoms with van der Waals surface area (Å²) in [6, 6.07) is 3.88. The van der Waals surface area contributed by atoms with Crippen LogP contribution in [0.25, 0.3) is 0 Å². The third kappa shape index (κ3) is 3.09. The fourth-order valence-electron chi connectivity index (χ4n) is 2.11. The van der Waals surface area contributed by atoms with Crippen molar-refractivity contribution < 1.29 is 17.5 Å². The van der Waals surface area contributed by atoms with Gasteiger partial charge in [-0.1, -0.05) is 0 Å². The first-order valence-electron chi connectivity index (χ1n) is 6.43. The Morgan fingerprint density at radius 1 is 1.52 bits per heavy atom. The van der Waals surface area contributed by atoms with Gasteiger partial charge in [0.15, 0.2) is 11.6 Å². The van der Waals surface area contributed by atoms with Crippen LogP contribution >= 0.6 is 0 Å². The summed E-state index contributed by atoms with van der Waals surface area (Å²) in [6.07, 6.45) is 1.58. The maximum Gasteiger partial charge on any atom is 0.243 e. The summed E-state index contributed by atoms with van der Waals surface area (Å²) in [6.45, 7) is 0.0943. The molecule has 1 aromatic rings. The number of sulfonamides is 1. The van der Waals surface area contributed by atoms with E-state index in [1.165, 1.54) is 17.5 Å². The Labute approximate surface area is 123 Å². The van der Waals surface area contributed by atoms with E-state index in [-0.39, 0.29) is 35.3 Å². The molecule has 0 amide bonds. The van der Waals surface area contributed by atoms with Gasteiger partial charge in [-0.3, -0.25) is 0 Å². The molecular formula is C13H16FN3O3S. The molecule has 114 valence electrons. The molecular weight excluding hydrogens is 297 g/mol. The number of nitrogens with zero attached hydrogens (tertiary/aromatic N) is 2. The molecule has 21 heavy (non-hydrogen) atoms. The van der Waals surface area contributed by atoms with Crippen molar-refractivity contribution in [3.05, 3.63) is 17.9 Å². The molecule has 6 nitrogen and oxygen atoms in total. The maximum atomic E-state index is 13.8. The molecule has 8 heteroatoms. The first kappa shape index (κ1) is 15.5. The number of ether oxygens (including phenoxy) is 1. The van der Waals surface area contributed by atoms with Gasteiger partial charge in [0.05, 0.1) is 23.8 Å². The van der Waals surface area contributed by atoms with Crippen molar-refractivity contribution in [3.8, 4) is 11.8 Å². The molecule has 0 atom stereocenters. The average molecular weight is 313 g/mol. The van der Waals surface area contributed by atoms with Crippen LogP contribution in [0.3, 0.4) is 0 Å². The van der Waals surface area contributed by atoms with Crippen molar-refractivity contribution >= 4 is 15.7 Å². The van der Waals surface area contributed by atoms with Crippen molar-refractivity contribution in [2.75, 3.05) is 19.4 Å².